The van der Waals surface area contributed by atoms with Gasteiger partial charge >= 0.3 is 5.69 Å². The van der Waals surface area contributed by atoms with E-state index >= 15 is 0 Å². The zero-order valence-corrected chi connectivity index (χ0v) is 8.88. The van der Waals surface area contributed by atoms with E-state index in [4.69, 9.17) is 10.5 Å². The van der Waals surface area contributed by atoms with E-state index in [-0.39, 0.29) is 17.7 Å². The fraction of sp³-hybridized carbons (Fsp3) is 0.600. The molecule has 1 aromatic rings. The van der Waals surface area contributed by atoms with Crippen LogP contribution in [0.3, 0.4) is 0 Å². The van der Waals surface area contributed by atoms with Gasteiger partial charge in [0.15, 0.2) is 0 Å². The number of nitrogens with two attached hydrogens (primary N) is 1. The third kappa shape index (κ3) is 1.74. The molecule has 2 heterocycles. The molecule has 0 amide bonds. The third-order valence-corrected chi connectivity index (χ3v) is 3.00. The van der Waals surface area contributed by atoms with Crippen molar-refractivity contribution in [3.63, 3.8) is 0 Å². The van der Waals surface area contributed by atoms with E-state index in [1.807, 2.05) is 0 Å². The summed E-state index contributed by atoms with van der Waals surface area (Å²) in [5.41, 5.74) is 5.08. The van der Waals surface area contributed by atoms with Crippen molar-refractivity contribution in [3.8, 4) is 0 Å². The van der Waals surface area contributed by atoms with Crippen molar-refractivity contribution in [1.29, 1.82) is 0 Å². The normalized spacial score (nSPS) is 30.7. The Morgan fingerprint density at radius 3 is 2.87 bits per heavy atom. The van der Waals surface area contributed by atoms with Crippen LogP contribution in [0, 0.1) is 11.8 Å². The highest BCUT2D eigenvalue weighted by Crippen LogP contribution is 2.32. The minimum absolute atomic E-state index is 0.208. The SMILES string of the molecule is C[C@H]1[C@H](n2ccc(N)nc2=O)OC[C@@H]1C. The molecule has 1 fully saturated rings. The minimum Gasteiger partial charge on any atom is -0.383 e. The predicted octanol–water partition coefficient (Wildman–Crippen LogP) is 0.626. The highest BCUT2D eigenvalue weighted by Gasteiger charge is 2.32. The lowest BCUT2D eigenvalue weighted by Crippen LogP contribution is -2.29. The van der Waals surface area contributed by atoms with Crippen LogP contribution in [0.25, 0.3) is 0 Å². The fourth-order valence-corrected chi connectivity index (χ4v) is 1.79. The van der Waals surface area contributed by atoms with Gasteiger partial charge in [0.25, 0.3) is 0 Å². The van der Waals surface area contributed by atoms with Crippen LogP contribution in [0.4, 0.5) is 5.82 Å². The molecule has 1 saturated heterocycles. The molecule has 0 radical (unpaired) electrons. The molecule has 0 bridgehead atoms. The largest absolute Gasteiger partial charge is 0.383 e. The number of hydrogen-bond donors (Lipinski definition) is 1. The van der Waals surface area contributed by atoms with Gasteiger partial charge in [0, 0.05) is 12.1 Å². The van der Waals surface area contributed by atoms with Gasteiger partial charge in [0.2, 0.25) is 0 Å². The van der Waals surface area contributed by atoms with Gasteiger partial charge in [-0.3, -0.25) is 4.57 Å². The van der Waals surface area contributed by atoms with Crippen LogP contribution in [0.15, 0.2) is 17.1 Å². The van der Waals surface area contributed by atoms with Crippen LogP contribution >= 0.6 is 0 Å². The summed E-state index contributed by atoms with van der Waals surface area (Å²) in [5.74, 6) is 1.02. The van der Waals surface area contributed by atoms with Gasteiger partial charge in [-0.25, -0.2) is 4.79 Å². The number of aromatic nitrogens is 2. The van der Waals surface area contributed by atoms with Crippen molar-refractivity contribution >= 4 is 5.82 Å². The lowest BCUT2D eigenvalue weighted by molar-refractivity contribution is 0.0327. The maximum Gasteiger partial charge on any atom is 0.351 e. The summed E-state index contributed by atoms with van der Waals surface area (Å²) in [7, 11) is 0. The Hall–Kier alpha value is -1.36. The van der Waals surface area contributed by atoms with Crippen molar-refractivity contribution in [2.45, 2.75) is 20.1 Å². The molecular formula is C10H15N3O2. The van der Waals surface area contributed by atoms with Gasteiger partial charge in [-0.15, -0.1) is 0 Å². The van der Waals surface area contributed by atoms with E-state index in [2.05, 4.69) is 18.8 Å². The van der Waals surface area contributed by atoms with Gasteiger partial charge in [0.1, 0.15) is 12.0 Å². The zero-order chi connectivity index (χ0) is 11.0. The quantitative estimate of drug-likeness (QED) is 0.736. The molecule has 5 nitrogen and oxygen atoms in total. The molecule has 2 N–H and O–H groups in total. The van der Waals surface area contributed by atoms with Gasteiger partial charge in [-0.05, 0) is 12.0 Å². The van der Waals surface area contributed by atoms with Crippen LogP contribution in [0.1, 0.15) is 20.1 Å². The van der Waals surface area contributed by atoms with E-state index in [0.717, 1.165) is 0 Å². The van der Waals surface area contributed by atoms with E-state index in [1.165, 1.54) is 4.57 Å². The second kappa shape index (κ2) is 3.66. The third-order valence-electron chi connectivity index (χ3n) is 3.00. The van der Waals surface area contributed by atoms with Crippen LogP contribution in [-0.4, -0.2) is 16.2 Å². The molecule has 1 aliphatic heterocycles. The first kappa shape index (κ1) is 10.2. The summed E-state index contributed by atoms with van der Waals surface area (Å²) in [6, 6.07) is 1.61. The molecule has 0 aromatic carbocycles. The lowest BCUT2D eigenvalue weighted by Gasteiger charge is -2.18. The van der Waals surface area contributed by atoms with Crippen molar-refractivity contribution in [3.05, 3.63) is 22.7 Å². The first-order chi connectivity index (χ1) is 7.09. The van der Waals surface area contributed by atoms with Crippen molar-refractivity contribution in [2.24, 2.45) is 11.8 Å². The Morgan fingerprint density at radius 1 is 1.60 bits per heavy atom. The Kier molecular flexibility index (Phi) is 2.48. The molecule has 3 atom stereocenters. The number of ether oxygens (including phenoxy) is 1. The van der Waals surface area contributed by atoms with E-state index in [9.17, 15) is 4.79 Å². The Labute approximate surface area is 87.9 Å². The molecule has 1 aromatic heterocycles. The summed E-state index contributed by atoms with van der Waals surface area (Å²) < 4.78 is 7.07. The molecule has 0 saturated carbocycles. The first-order valence-corrected chi connectivity index (χ1v) is 5.06. The second-order valence-electron chi connectivity index (χ2n) is 4.10. The van der Waals surface area contributed by atoms with Crippen molar-refractivity contribution in [1.82, 2.24) is 9.55 Å². The van der Waals surface area contributed by atoms with Gasteiger partial charge in [-0.2, -0.15) is 4.98 Å². The zero-order valence-electron chi connectivity index (χ0n) is 8.88. The summed E-state index contributed by atoms with van der Waals surface area (Å²) in [4.78, 5) is 15.3. The van der Waals surface area contributed by atoms with E-state index in [1.54, 1.807) is 12.3 Å². The molecule has 2 rings (SSSR count). The number of hydrogen-bond acceptors (Lipinski definition) is 4. The van der Waals surface area contributed by atoms with Crippen molar-refractivity contribution in [2.75, 3.05) is 12.3 Å². The maximum absolute atomic E-state index is 11.6. The van der Waals surface area contributed by atoms with Crippen LogP contribution in [0.2, 0.25) is 0 Å². The Morgan fingerprint density at radius 2 is 2.33 bits per heavy atom. The van der Waals surface area contributed by atoms with E-state index in [0.29, 0.717) is 18.4 Å². The molecule has 82 valence electrons. The van der Waals surface area contributed by atoms with Crippen LogP contribution in [0.5, 0.6) is 0 Å². The maximum atomic E-state index is 11.6. The summed E-state index contributed by atoms with van der Waals surface area (Å²) >= 11 is 0. The second-order valence-corrected chi connectivity index (χ2v) is 4.10. The minimum atomic E-state index is -0.346. The highest BCUT2D eigenvalue weighted by molar-refractivity contribution is 5.23. The van der Waals surface area contributed by atoms with Gasteiger partial charge < -0.3 is 10.5 Å². The number of rotatable bonds is 1. The van der Waals surface area contributed by atoms with E-state index < -0.39 is 0 Å². The summed E-state index contributed by atoms with van der Waals surface area (Å²) in [5, 5.41) is 0. The Bertz CT molecular complexity index is 415. The van der Waals surface area contributed by atoms with Gasteiger partial charge in [-0.1, -0.05) is 13.8 Å². The number of anilines is 1. The number of nitrogen functional groups attached to an aromatic ring is 1. The molecular weight excluding hydrogens is 194 g/mol. The molecule has 15 heavy (non-hydrogen) atoms. The highest BCUT2D eigenvalue weighted by atomic mass is 16.5. The monoisotopic (exact) mass is 209 g/mol. The average molecular weight is 209 g/mol. The average Bonchev–Trinajstić information content (AvgIpc) is 2.49. The molecule has 5 heteroatoms. The molecule has 0 aliphatic carbocycles. The van der Waals surface area contributed by atoms with Crippen LogP contribution in [-0.2, 0) is 4.74 Å². The smallest absolute Gasteiger partial charge is 0.351 e. The molecule has 1 aliphatic rings. The van der Waals surface area contributed by atoms with Crippen molar-refractivity contribution < 1.29 is 4.74 Å². The molecule has 0 unspecified atom stereocenters. The molecule has 0 spiro atoms. The standard InChI is InChI=1S/C10H15N3O2/c1-6-5-15-9(7(6)2)13-4-3-8(11)12-10(13)14/h3-4,6-7,9H,5H2,1-2H3,(H2,11,12,14)/t6-,7+,9+/m0/s1. The first-order valence-electron chi connectivity index (χ1n) is 5.06. The Balaban J connectivity index is 2.34. The topological polar surface area (TPSA) is 70.1 Å². The summed E-state index contributed by atoms with van der Waals surface area (Å²) in [6.45, 7) is 4.87. The summed E-state index contributed by atoms with van der Waals surface area (Å²) in [6.07, 6.45) is 1.43. The number of nitrogens with zero attached hydrogens (tertiary/aromatic N) is 2. The fourth-order valence-electron chi connectivity index (χ4n) is 1.79. The predicted molar refractivity (Wildman–Crippen MR) is 56.2 cm³/mol. The van der Waals surface area contributed by atoms with Crippen LogP contribution < -0.4 is 11.4 Å². The van der Waals surface area contributed by atoms with Gasteiger partial charge in [0.05, 0.1) is 6.61 Å². The lowest BCUT2D eigenvalue weighted by atomic mass is 9.98.